The average molecular weight is 237 g/mol. The molecule has 1 aliphatic rings. The normalized spacial score (nSPS) is 14.9. The number of aryl methyl sites for hydroxylation is 1. The Morgan fingerprint density at radius 2 is 2.41 bits per heavy atom. The van der Waals surface area contributed by atoms with Crippen LogP contribution in [-0.4, -0.2) is 44.7 Å². The summed E-state index contributed by atoms with van der Waals surface area (Å²) in [5, 5.41) is 10.8. The lowest BCUT2D eigenvalue weighted by Crippen LogP contribution is -2.39. The number of aromatic nitrogens is 3. The zero-order valence-corrected chi connectivity index (χ0v) is 10.4. The number of amides is 1. The van der Waals surface area contributed by atoms with Crippen molar-refractivity contribution in [2.75, 3.05) is 13.1 Å². The standard InChI is InChI=1S/C11H19N5O/c1-3-16(9-4-5-9)11(17)7-12-6-10-14-13-8-15(10)2/h8-9,12H,3-7H2,1-2H3. The first kappa shape index (κ1) is 12.0. The Labute approximate surface area is 101 Å². The molecule has 1 fully saturated rings. The van der Waals surface area contributed by atoms with Crippen LogP contribution >= 0.6 is 0 Å². The van der Waals surface area contributed by atoms with Crippen LogP contribution in [0.25, 0.3) is 0 Å². The van der Waals surface area contributed by atoms with Gasteiger partial charge in [0.15, 0.2) is 0 Å². The number of likely N-dealkylation sites (N-methyl/N-ethyl adjacent to an activating group) is 1. The summed E-state index contributed by atoms with van der Waals surface area (Å²) >= 11 is 0. The molecule has 0 saturated heterocycles. The third-order valence-corrected chi connectivity index (χ3v) is 3.01. The average Bonchev–Trinajstić information content (AvgIpc) is 3.05. The first-order valence-corrected chi connectivity index (χ1v) is 6.05. The lowest BCUT2D eigenvalue weighted by Gasteiger charge is -2.20. The summed E-state index contributed by atoms with van der Waals surface area (Å²) in [5.41, 5.74) is 0. The molecule has 94 valence electrons. The first-order valence-electron chi connectivity index (χ1n) is 6.05. The maximum Gasteiger partial charge on any atom is 0.236 e. The Morgan fingerprint density at radius 3 is 2.94 bits per heavy atom. The summed E-state index contributed by atoms with van der Waals surface area (Å²) in [6, 6.07) is 0.490. The van der Waals surface area contributed by atoms with Gasteiger partial charge < -0.3 is 14.8 Å². The fourth-order valence-corrected chi connectivity index (χ4v) is 1.87. The number of hydrogen-bond acceptors (Lipinski definition) is 4. The Kier molecular flexibility index (Phi) is 3.73. The highest BCUT2D eigenvalue weighted by Crippen LogP contribution is 2.26. The minimum atomic E-state index is 0.178. The van der Waals surface area contributed by atoms with Gasteiger partial charge in [-0.15, -0.1) is 10.2 Å². The molecule has 6 nitrogen and oxygen atoms in total. The van der Waals surface area contributed by atoms with E-state index in [0.29, 0.717) is 19.1 Å². The summed E-state index contributed by atoms with van der Waals surface area (Å²) in [6.07, 6.45) is 3.97. The molecule has 0 radical (unpaired) electrons. The van der Waals surface area contributed by atoms with Gasteiger partial charge in [-0.05, 0) is 19.8 Å². The van der Waals surface area contributed by atoms with E-state index in [2.05, 4.69) is 15.5 Å². The third kappa shape index (κ3) is 3.03. The topological polar surface area (TPSA) is 63.1 Å². The van der Waals surface area contributed by atoms with Crippen LogP contribution in [0.5, 0.6) is 0 Å². The van der Waals surface area contributed by atoms with E-state index in [4.69, 9.17) is 0 Å². The van der Waals surface area contributed by atoms with Gasteiger partial charge in [0.1, 0.15) is 12.2 Å². The van der Waals surface area contributed by atoms with Gasteiger partial charge in [0, 0.05) is 19.6 Å². The molecular weight excluding hydrogens is 218 g/mol. The second-order valence-corrected chi connectivity index (χ2v) is 4.37. The lowest BCUT2D eigenvalue weighted by atomic mass is 10.4. The van der Waals surface area contributed by atoms with Crippen molar-refractivity contribution in [2.45, 2.75) is 32.4 Å². The molecule has 1 heterocycles. The first-order chi connectivity index (χ1) is 8.22. The fraction of sp³-hybridized carbons (Fsp3) is 0.727. The Bertz CT molecular complexity index is 385. The summed E-state index contributed by atoms with van der Waals surface area (Å²) in [5.74, 6) is 1.02. The van der Waals surface area contributed by atoms with Gasteiger partial charge in [0.2, 0.25) is 5.91 Å². The highest BCUT2D eigenvalue weighted by atomic mass is 16.2. The van der Waals surface area contributed by atoms with E-state index in [1.807, 2.05) is 23.4 Å². The van der Waals surface area contributed by atoms with Gasteiger partial charge in [0.05, 0.1) is 13.1 Å². The molecule has 0 atom stereocenters. The summed E-state index contributed by atoms with van der Waals surface area (Å²) < 4.78 is 1.84. The van der Waals surface area contributed by atoms with E-state index < -0.39 is 0 Å². The molecular formula is C11H19N5O. The maximum atomic E-state index is 11.9. The molecule has 17 heavy (non-hydrogen) atoms. The molecule has 1 aromatic rings. The van der Waals surface area contributed by atoms with E-state index in [1.54, 1.807) is 6.33 Å². The smallest absolute Gasteiger partial charge is 0.236 e. The van der Waals surface area contributed by atoms with Crippen LogP contribution in [0, 0.1) is 0 Å². The van der Waals surface area contributed by atoms with Crippen molar-refractivity contribution in [1.82, 2.24) is 25.0 Å². The van der Waals surface area contributed by atoms with Crippen molar-refractivity contribution in [3.63, 3.8) is 0 Å². The predicted molar refractivity (Wildman–Crippen MR) is 63.1 cm³/mol. The Hall–Kier alpha value is -1.43. The van der Waals surface area contributed by atoms with Crippen molar-refractivity contribution in [3.8, 4) is 0 Å². The van der Waals surface area contributed by atoms with Crippen LogP contribution in [-0.2, 0) is 18.4 Å². The van der Waals surface area contributed by atoms with Crippen LogP contribution in [0.4, 0.5) is 0 Å². The fourth-order valence-electron chi connectivity index (χ4n) is 1.87. The van der Waals surface area contributed by atoms with Crippen molar-refractivity contribution in [1.29, 1.82) is 0 Å². The number of carbonyl (C=O) groups excluding carboxylic acids is 1. The summed E-state index contributed by atoms with van der Waals surface area (Å²) in [7, 11) is 1.89. The van der Waals surface area contributed by atoms with Crippen molar-refractivity contribution < 1.29 is 4.79 Å². The third-order valence-electron chi connectivity index (χ3n) is 3.01. The molecule has 1 aliphatic carbocycles. The number of nitrogens with zero attached hydrogens (tertiary/aromatic N) is 4. The second kappa shape index (κ2) is 5.27. The highest BCUT2D eigenvalue weighted by Gasteiger charge is 2.30. The van der Waals surface area contributed by atoms with Gasteiger partial charge in [-0.25, -0.2) is 0 Å². The number of rotatable bonds is 6. The Morgan fingerprint density at radius 1 is 1.65 bits per heavy atom. The molecule has 0 unspecified atom stereocenters. The van der Waals surface area contributed by atoms with Gasteiger partial charge >= 0.3 is 0 Å². The van der Waals surface area contributed by atoms with E-state index >= 15 is 0 Å². The van der Waals surface area contributed by atoms with Gasteiger partial charge in [-0.1, -0.05) is 0 Å². The van der Waals surface area contributed by atoms with Crippen molar-refractivity contribution in [2.24, 2.45) is 7.05 Å². The molecule has 0 bridgehead atoms. The minimum Gasteiger partial charge on any atom is -0.339 e. The van der Waals surface area contributed by atoms with E-state index in [1.165, 1.54) is 0 Å². The molecule has 0 aromatic carbocycles. The van der Waals surface area contributed by atoms with Crippen molar-refractivity contribution in [3.05, 3.63) is 12.2 Å². The molecule has 0 aliphatic heterocycles. The monoisotopic (exact) mass is 237 g/mol. The molecule has 2 rings (SSSR count). The summed E-state index contributed by atoms with van der Waals surface area (Å²) in [4.78, 5) is 13.8. The van der Waals surface area contributed by atoms with E-state index in [0.717, 1.165) is 25.2 Å². The number of hydrogen-bond donors (Lipinski definition) is 1. The van der Waals surface area contributed by atoms with Gasteiger partial charge in [-0.3, -0.25) is 4.79 Å². The second-order valence-electron chi connectivity index (χ2n) is 4.37. The molecule has 1 N–H and O–H groups in total. The van der Waals surface area contributed by atoms with Crippen LogP contribution in [0.1, 0.15) is 25.6 Å². The van der Waals surface area contributed by atoms with E-state index in [9.17, 15) is 4.79 Å². The zero-order valence-electron chi connectivity index (χ0n) is 10.4. The Balaban J connectivity index is 1.74. The largest absolute Gasteiger partial charge is 0.339 e. The maximum absolute atomic E-state index is 11.9. The predicted octanol–water partition coefficient (Wildman–Crippen LogP) is -0.0844. The summed E-state index contributed by atoms with van der Waals surface area (Å²) in [6.45, 7) is 3.77. The molecule has 0 spiro atoms. The highest BCUT2D eigenvalue weighted by molar-refractivity contribution is 5.78. The molecule has 6 heteroatoms. The molecule has 1 aromatic heterocycles. The molecule has 1 amide bonds. The van der Waals surface area contributed by atoms with Crippen LogP contribution in [0.3, 0.4) is 0 Å². The lowest BCUT2D eigenvalue weighted by molar-refractivity contribution is -0.130. The number of nitrogens with one attached hydrogen (secondary N) is 1. The van der Waals surface area contributed by atoms with Gasteiger partial charge in [-0.2, -0.15) is 0 Å². The van der Waals surface area contributed by atoms with E-state index in [-0.39, 0.29) is 5.91 Å². The minimum absolute atomic E-state index is 0.178. The SMILES string of the molecule is CCN(C(=O)CNCc1nncn1C)C1CC1. The van der Waals surface area contributed by atoms with Gasteiger partial charge in [0.25, 0.3) is 0 Å². The van der Waals surface area contributed by atoms with Crippen LogP contribution in [0.15, 0.2) is 6.33 Å². The zero-order chi connectivity index (χ0) is 12.3. The molecule has 1 saturated carbocycles. The quantitative estimate of drug-likeness (QED) is 0.751. The van der Waals surface area contributed by atoms with Crippen molar-refractivity contribution >= 4 is 5.91 Å². The van der Waals surface area contributed by atoms with Crippen LogP contribution in [0.2, 0.25) is 0 Å². The van der Waals surface area contributed by atoms with Crippen LogP contribution < -0.4 is 5.32 Å². The number of carbonyl (C=O) groups is 1.